The van der Waals surface area contributed by atoms with Crippen LogP contribution < -0.4 is 0 Å². The molecule has 1 aliphatic carbocycles. The molecule has 25 heavy (non-hydrogen) atoms. The number of hydrogen-bond acceptors (Lipinski definition) is 3. The van der Waals surface area contributed by atoms with Crippen LogP contribution in [0.1, 0.15) is 42.2 Å². The number of aliphatic hydroxyl groups excluding tert-OH is 1. The summed E-state index contributed by atoms with van der Waals surface area (Å²) in [6.07, 6.45) is 1.66. The molecule has 3 unspecified atom stereocenters. The molecular weight excluding hydrogens is 334 g/mol. The highest BCUT2D eigenvalue weighted by atomic mass is 35.5. The maximum atomic E-state index is 10.4. The van der Waals surface area contributed by atoms with Gasteiger partial charge in [0.05, 0.1) is 18.8 Å². The zero-order chi connectivity index (χ0) is 17.8. The van der Waals surface area contributed by atoms with E-state index in [1.165, 1.54) is 11.1 Å². The van der Waals surface area contributed by atoms with Gasteiger partial charge in [-0.25, -0.2) is 0 Å². The van der Waals surface area contributed by atoms with Crippen molar-refractivity contribution in [1.82, 2.24) is 4.90 Å². The van der Waals surface area contributed by atoms with Crippen molar-refractivity contribution in [2.45, 2.75) is 38.0 Å². The van der Waals surface area contributed by atoms with E-state index in [1.807, 2.05) is 31.2 Å². The second kappa shape index (κ2) is 8.33. The van der Waals surface area contributed by atoms with Gasteiger partial charge in [0.2, 0.25) is 0 Å². The third kappa shape index (κ3) is 4.62. The molecule has 0 bridgehead atoms. The van der Waals surface area contributed by atoms with Crippen LogP contribution in [0, 0.1) is 0 Å². The van der Waals surface area contributed by atoms with Crippen LogP contribution in [0.3, 0.4) is 0 Å². The number of fused-ring (bicyclic) bond motifs is 1. The molecule has 134 valence electrons. The topological polar surface area (TPSA) is 32.7 Å². The van der Waals surface area contributed by atoms with E-state index in [0.717, 1.165) is 23.4 Å². The Morgan fingerprint density at radius 3 is 2.68 bits per heavy atom. The van der Waals surface area contributed by atoms with Gasteiger partial charge < -0.3 is 9.84 Å². The molecule has 3 atom stereocenters. The van der Waals surface area contributed by atoms with Crippen molar-refractivity contribution < 1.29 is 9.84 Å². The number of likely N-dealkylation sites (N-methyl/N-ethyl adjacent to an activating group) is 1. The lowest BCUT2D eigenvalue weighted by Crippen LogP contribution is -2.34. The average molecular weight is 360 g/mol. The molecule has 0 amide bonds. The summed E-state index contributed by atoms with van der Waals surface area (Å²) in [5, 5.41) is 11.1. The van der Waals surface area contributed by atoms with Crippen LogP contribution in [-0.4, -0.2) is 36.3 Å². The van der Waals surface area contributed by atoms with Crippen molar-refractivity contribution in [3.63, 3.8) is 0 Å². The van der Waals surface area contributed by atoms with Gasteiger partial charge in [0, 0.05) is 17.6 Å². The fraction of sp³-hybridized carbons (Fsp3) is 0.429. The van der Waals surface area contributed by atoms with Gasteiger partial charge in [-0.3, -0.25) is 4.90 Å². The van der Waals surface area contributed by atoms with Crippen LogP contribution in [0.5, 0.6) is 0 Å². The molecule has 2 aromatic rings. The van der Waals surface area contributed by atoms with Crippen molar-refractivity contribution in [2.24, 2.45) is 0 Å². The number of benzene rings is 2. The van der Waals surface area contributed by atoms with Crippen LogP contribution in [0.15, 0.2) is 48.5 Å². The molecule has 3 rings (SSSR count). The molecule has 1 aliphatic rings. The molecule has 0 spiro atoms. The van der Waals surface area contributed by atoms with E-state index in [4.69, 9.17) is 16.3 Å². The van der Waals surface area contributed by atoms with E-state index in [1.54, 1.807) is 0 Å². The maximum Gasteiger partial charge on any atom is 0.0900 e. The summed E-state index contributed by atoms with van der Waals surface area (Å²) in [4.78, 5) is 2.24. The minimum Gasteiger partial charge on any atom is -0.389 e. The summed E-state index contributed by atoms with van der Waals surface area (Å²) < 4.78 is 5.84. The molecule has 3 nitrogen and oxygen atoms in total. The first-order valence-corrected chi connectivity index (χ1v) is 9.25. The Morgan fingerprint density at radius 1 is 1.20 bits per heavy atom. The van der Waals surface area contributed by atoms with E-state index in [0.29, 0.717) is 19.2 Å². The van der Waals surface area contributed by atoms with E-state index in [9.17, 15) is 5.11 Å². The molecule has 0 aliphatic heterocycles. The summed E-state index contributed by atoms with van der Waals surface area (Å²) in [5.74, 6) is 0. The fourth-order valence-corrected chi connectivity index (χ4v) is 3.72. The van der Waals surface area contributed by atoms with E-state index in [-0.39, 0.29) is 6.10 Å². The quantitative estimate of drug-likeness (QED) is 0.795. The summed E-state index contributed by atoms with van der Waals surface area (Å²) in [6, 6.07) is 16.6. The van der Waals surface area contributed by atoms with Crippen molar-refractivity contribution in [1.29, 1.82) is 0 Å². The minimum atomic E-state index is -0.507. The largest absolute Gasteiger partial charge is 0.389 e. The van der Waals surface area contributed by atoms with Gasteiger partial charge in [0.25, 0.3) is 0 Å². The fourth-order valence-electron chi connectivity index (χ4n) is 3.59. The number of hydrogen-bond donors (Lipinski definition) is 1. The Labute approximate surface area is 155 Å². The van der Waals surface area contributed by atoms with Crippen LogP contribution in [0.4, 0.5) is 0 Å². The molecule has 2 aromatic carbocycles. The first-order valence-electron chi connectivity index (χ1n) is 8.87. The van der Waals surface area contributed by atoms with Crippen LogP contribution in [-0.2, 0) is 11.2 Å². The average Bonchev–Trinajstić information content (AvgIpc) is 3.04. The summed E-state index contributed by atoms with van der Waals surface area (Å²) in [5.41, 5.74) is 3.89. The van der Waals surface area contributed by atoms with Crippen LogP contribution >= 0.6 is 11.6 Å². The van der Waals surface area contributed by atoms with Crippen LogP contribution in [0.2, 0.25) is 5.02 Å². The number of nitrogens with zero attached hydrogens (tertiary/aromatic N) is 1. The smallest absolute Gasteiger partial charge is 0.0900 e. The molecule has 0 heterocycles. The number of ether oxygens (including phenoxy) is 1. The highest BCUT2D eigenvalue weighted by Gasteiger charge is 2.26. The van der Waals surface area contributed by atoms with Gasteiger partial charge in [-0.05, 0) is 55.6 Å². The zero-order valence-corrected chi connectivity index (χ0v) is 15.6. The normalized spacial score (nSPS) is 19.0. The highest BCUT2D eigenvalue weighted by molar-refractivity contribution is 6.30. The van der Waals surface area contributed by atoms with Crippen molar-refractivity contribution in [3.05, 3.63) is 70.2 Å². The number of rotatable bonds is 7. The standard InChI is InChI=1S/C21H26ClNO2/c1-15(16-7-10-18(22)11-8-16)25-14-19(24)13-23(2)21-12-9-17-5-3-4-6-20(17)21/h3-8,10-11,15,19,21,24H,9,12-14H2,1-2H3. The minimum absolute atomic E-state index is 0.0653. The second-order valence-electron chi connectivity index (χ2n) is 6.87. The van der Waals surface area contributed by atoms with Crippen molar-refractivity contribution in [2.75, 3.05) is 20.2 Å². The zero-order valence-electron chi connectivity index (χ0n) is 14.9. The number of aryl methyl sites for hydroxylation is 1. The van der Waals surface area contributed by atoms with Gasteiger partial charge in [-0.15, -0.1) is 0 Å². The first-order chi connectivity index (χ1) is 12.0. The lowest BCUT2D eigenvalue weighted by molar-refractivity contribution is -0.0173. The highest BCUT2D eigenvalue weighted by Crippen LogP contribution is 2.34. The van der Waals surface area contributed by atoms with Gasteiger partial charge in [-0.1, -0.05) is 48.0 Å². The molecular formula is C21H26ClNO2. The monoisotopic (exact) mass is 359 g/mol. The molecule has 0 radical (unpaired) electrons. The predicted octanol–water partition coefficient (Wildman–Crippen LogP) is 4.40. The van der Waals surface area contributed by atoms with Gasteiger partial charge in [0.15, 0.2) is 0 Å². The van der Waals surface area contributed by atoms with E-state index < -0.39 is 6.10 Å². The van der Waals surface area contributed by atoms with Gasteiger partial charge >= 0.3 is 0 Å². The third-order valence-electron chi connectivity index (χ3n) is 5.01. The molecule has 0 saturated heterocycles. The summed E-state index contributed by atoms with van der Waals surface area (Å²) in [7, 11) is 2.08. The van der Waals surface area contributed by atoms with Crippen molar-refractivity contribution in [3.8, 4) is 0 Å². The Balaban J connectivity index is 1.49. The SMILES string of the molecule is CC(OCC(O)CN(C)C1CCc2ccccc21)c1ccc(Cl)cc1. The summed E-state index contributed by atoms with van der Waals surface area (Å²) in [6.45, 7) is 2.92. The molecule has 4 heteroatoms. The Hall–Kier alpha value is -1.39. The maximum absolute atomic E-state index is 10.4. The second-order valence-corrected chi connectivity index (χ2v) is 7.31. The van der Waals surface area contributed by atoms with Gasteiger partial charge in [-0.2, -0.15) is 0 Å². The Kier molecular flexibility index (Phi) is 6.13. The number of aliphatic hydroxyl groups is 1. The van der Waals surface area contributed by atoms with Crippen molar-refractivity contribution >= 4 is 11.6 Å². The lowest BCUT2D eigenvalue weighted by atomic mass is 10.1. The molecule has 0 fully saturated rings. The lowest BCUT2D eigenvalue weighted by Gasteiger charge is -2.28. The Morgan fingerprint density at radius 2 is 1.92 bits per heavy atom. The van der Waals surface area contributed by atoms with Crippen LogP contribution in [0.25, 0.3) is 0 Å². The molecule has 1 N–H and O–H groups in total. The van der Waals surface area contributed by atoms with Gasteiger partial charge in [0.1, 0.15) is 0 Å². The molecule has 0 saturated carbocycles. The Bertz CT molecular complexity index is 689. The first kappa shape index (κ1) is 18.4. The van der Waals surface area contributed by atoms with E-state index >= 15 is 0 Å². The third-order valence-corrected chi connectivity index (χ3v) is 5.26. The summed E-state index contributed by atoms with van der Waals surface area (Å²) >= 11 is 5.91. The predicted molar refractivity (Wildman–Crippen MR) is 102 cm³/mol. The number of halogens is 1. The van der Waals surface area contributed by atoms with E-state index in [2.05, 4.69) is 36.2 Å². The molecule has 0 aromatic heterocycles.